The average molecular weight is 148 g/mol. The summed E-state index contributed by atoms with van der Waals surface area (Å²) in [5.41, 5.74) is 0. The van der Waals surface area contributed by atoms with E-state index in [4.69, 9.17) is 11.5 Å². The number of rotatable bonds is 4. The Kier molecular flexibility index (Phi) is 4.33. The molecule has 9 heavy (non-hydrogen) atoms. The molecule has 0 aliphatic heterocycles. The molecule has 0 rings (SSSR count). The van der Waals surface area contributed by atoms with Crippen LogP contribution in [0.15, 0.2) is 0 Å². The van der Waals surface area contributed by atoms with Gasteiger partial charge in [0.2, 0.25) is 0 Å². The molecule has 0 aromatic carbocycles. The van der Waals surface area contributed by atoms with Gasteiger partial charge in [0.1, 0.15) is 0 Å². The lowest BCUT2D eigenvalue weighted by atomic mass is 10.1. The van der Waals surface area contributed by atoms with E-state index in [-0.39, 0.29) is 0 Å². The van der Waals surface area contributed by atoms with Crippen LogP contribution < -0.4 is 0 Å². The second-order valence-corrected chi connectivity index (χ2v) is 2.65. The third kappa shape index (κ3) is 2.19. The second kappa shape index (κ2) is 4.18. The minimum absolute atomic E-state index is 0.753. The molecule has 0 aliphatic rings. The molecule has 0 aliphatic carbocycles. The highest BCUT2D eigenvalue weighted by atomic mass is 35.5. The van der Waals surface area contributed by atoms with E-state index in [9.17, 15) is 0 Å². The zero-order valence-corrected chi connectivity index (χ0v) is 7.41. The fourth-order valence-electron chi connectivity index (χ4n) is 0.924. The van der Waals surface area contributed by atoms with Gasteiger partial charge in [-0.2, -0.15) is 0 Å². The molecule has 0 saturated carbocycles. The summed E-state index contributed by atoms with van der Waals surface area (Å²) in [4.78, 5) is 0. The minimum atomic E-state index is 0.753. The molecule has 0 radical (unpaired) electrons. The Hall–Kier alpha value is 0.315. The molecule has 0 saturated heterocycles. The van der Waals surface area contributed by atoms with Crippen LogP contribution in [0, 0.1) is 0 Å². The monoisotopic (exact) mass is 148 g/mol. The standard InChI is InChI=1S/C6H16BClN/c1-4-9(5-2,6-3)7-8/h7H,4-6H2,1-3H3/q+1. The van der Waals surface area contributed by atoms with E-state index in [1.54, 1.807) is 0 Å². The largest absolute Gasteiger partial charge is 0.496 e. The molecule has 0 fully saturated rings. The third-order valence-corrected chi connectivity index (χ3v) is 2.77. The van der Waals surface area contributed by atoms with Gasteiger partial charge in [-0.1, -0.05) is 0 Å². The van der Waals surface area contributed by atoms with Gasteiger partial charge in [-0.05, 0) is 20.8 Å². The molecule has 3 heteroatoms. The topological polar surface area (TPSA) is 0 Å². The van der Waals surface area contributed by atoms with Crippen LogP contribution in [-0.2, 0) is 0 Å². The van der Waals surface area contributed by atoms with Crippen molar-refractivity contribution < 1.29 is 4.39 Å². The maximum atomic E-state index is 5.80. The van der Waals surface area contributed by atoms with Crippen molar-refractivity contribution in [2.75, 3.05) is 19.6 Å². The Labute approximate surface area is 63.8 Å². The van der Waals surface area contributed by atoms with Gasteiger partial charge >= 0.3 is 6.83 Å². The maximum absolute atomic E-state index is 5.80. The highest BCUT2D eigenvalue weighted by Gasteiger charge is 2.20. The van der Waals surface area contributed by atoms with Crippen molar-refractivity contribution in [2.45, 2.75) is 20.8 Å². The fraction of sp³-hybridized carbons (Fsp3) is 1.00. The zero-order chi connectivity index (χ0) is 7.33. The summed E-state index contributed by atoms with van der Waals surface area (Å²) >= 11 is 5.80. The molecule has 0 aromatic rings. The zero-order valence-electron chi connectivity index (χ0n) is 6.65. The first kappa shape index (κ1) is 9.31. The molecule has 0 bridgehead atoms. The predicted molar refractivity (Wildman–Crippen MR) is 44.9 cm³/mol. The van der Waals surface area contributed by atoms with E-state index >= 15 is 0 Å². The van der Waals surface area contributed by atoms with E-state index in [0.29, 0.717) is 0 Å². The van der Waals surface area contributed by atoms with Crippen molar-refractivity contribution in [3.05, 3.63) is 0 Å². The van der Waals surface area contributed by atoms with Gasteiger partial charge < -0.3 is 4.39 Å². The second-order valence-electron chi connectivity index (χ2n) is 2.41. The lowest BCUT2D eigenvalue weighted by Gasteiger charge is -2.33. The van der Waals surface area contributed by atoms with E-state index in [1.165, 1.54) is 0 Å². The van der Waals surface area contributed by atoms with Crippen LogP contribution in [0.25, 0.3) is 0 Å². The van der Waals surface area contributed by atoms with Gasteiger partial charge in [0, 0.05) is 0 Å². The molecular formula is C6H16BClN+. The van der Waals surface area contributed by atoms with Crippen molar-refractivity contribution in [1.82, 2.24) is 0 Å². The van der Waals surface area contributed by atoms with E-state index < -0.39 is 0 Å². The summed E-state index contributed by atoms with van der Waals surface area (Å²) in [5.74, 6) is 0. The summed E-state index contributed by atoms with van der Waals surface area (Å²) in [6.07, 6.45) is 0. The van der Waals surface area contributed by atoms with Crippen molar-refractivity contribution >= 4 is 18.3 Å². The van der Waals surface area contributed by atoms with Crippen LogP contribution in [-0.4, -0.2) is 30.9 Å². The minimum Gasteiger partial charge on any atom is -0.383 e. The normalized spacial score (nSPS) is 11.6. The first-order chi connectivity index (χ1) is 4.24. The van der Waals surface area contributed by atoms with E-state index in [2.05, 4.69) is 20.8 Å². The van der Waals surface area contributed by atoms with Crippen molar-refractivity contribution in [2.24, 2.45) is 0 Å². The van der Waals surface area contributed by atoms with Gasteiger partial charge in [-0.3, -0.25) is 0 Å². The Morgan fingerprint density at radius 1 is 1.11 bits per heavy atom. The smallest absolute Gasteiger partial charge is 0.383 e. The SMILES string of the molecule is CC[N+](BCl)(CC)CC. The summed E-state index contributed by atoms with van der Waals surface area (Å²) in [5, 5.41) is 0. The van der Waals surface area contributed by atoms with Crippen LogP contribution >= 0.6 is 11.5 Å². The van der Waals surface area contributed by atoms with Crippen molar-refractivity contribution in [3.63, 3.8) is 0 Å². The molecule has 0 atom stereocenters. The number of quaternary nitrogens is 1. The Bertz CT molecular complexity index is 55.9. The summed E-state index contributed by atoms with van der Waals surface area (Å²) in [6.45, 7) is 10.8. The molecule has 0 aromatic heterocycles. The number of hydrogen-bond acceptors (Lipinski definition) is 0. The lowest BCUT2D eigenvalue weighted by molar-refractivity contribution is -0.813. The molecule has 0 spiro atoms. The van der Waals surface area contributed by atoms with Gasteiger partial charge in [0.05, 0.1) is 19.6 Å². The Balaban J connectivity index is 3.82. The fourth-order valence-corrected chi connectivity index (χ4v) is 1.43. The molecule has 0 unspecified atom stereocenters. The van der Waals surface area contributed by atoms with Crippen LogP contribution in [0.3, 0.4) is 0 Å². The summed E-state index contributed by atoms with van der Waals surface area (Å²) in [7, 11) is 0. The highest BCUT2D eigenvalue weighted by Crippen LogP contribution is 2.03. The molecule has 54 valence electrons. The van der Waals surface area contributed by atoms with Crippen LogP contribution in [0.5, 0.6) is 0 Å². The first-order valence-corrected chi connectivity index (χ1v) is 4.19. The van der Waals surface area contributed by atoms with Gasteiger partial charge in [-0.25, -0.2) is 0 Å². The molecule has 0 amide bonds. The van der Waals surface area contributed by atoms with Crippen LogP contribution in [0.2, 0.25) is 0 Å². The van der Waals surface area contributed by atoms with Gasteiger partial charge in [0.15, 0.2) is 0 Å². The predicted octanol–water partition coefficient (Wildman–Crippen LogP) is 1.37. The lowest BCUT2D eigenvalue weighted by Crippen LogP contribution is -2.48. The molecule has 1 nitrogen and oxygen atoms in total. The quantitative estimate of drug-likeness (QED) is 0.528. The molecule has 0 N–H and O–H groups in total. The average Bonchev–Trinajstić information content (AvgIpc) is 1.95. The Morgan fingerprint density at radius 3 is 1.44 bits per heavy atom. The summed E-state index contributed by atoms with van der Waals surface area (Å²) < 4.78 is 1.04. The third-order valence-electron chi connectivity index (χ3n) is 2.27. The number of nitrogens with zero attached hydrogens (tertiary/aromatic N) is 1. The molecule has 0 heterocycles. The van der Waals surface area contributed by atoms with Gasteiger partial charge in [0.25, 0.3) is 0 Å². The first-order valence-electron chi connectivity index (χ1n) is 3.65. The van der Waals surface area contributed by atoms with E-state index in [1.807, 2.05) is 0 Å². The molecular weight excluding hydrogens is 132 g/mol. The van der Waals surface area contributed by atoms with Crippen molar-refractivity contribution in [1.29, 1.82) is 0 Å². The Morgan fingerprint density at radius 2 is 1.44 bits per heavy atom. The highest BCUT2D eigenvalue weighted by molar-refractivity contribution is 6.89. The maximum Gasteiger partial charge on any atom is 0.496 e. The van der Waals surface area contributed by atoms with Crippen LogP contribution in [0.1, 0.15) is 20.8 Å². The van der Waals surface area contributed by atoms with Crippen LogP contribution in [0.4, 0.5) is 0 Å². The summed E-state index contributed by atoms with van der Waals surface area (Å²) in [6, 6.07) is 0. The number of hydrogen-bond donors (Lipinski definition) is 0. The van der Waals surface area contributed by atoms with Crippen molar-refractivity contribution in [3.8, 4) is 0 Å². The van der Waals surface area contributed by atoms with E-state index in [0.717, 1.165) is 30.9 Å². The van der Waals surface area contributed by atoms with Gasteiger partial charge in [-0.15, -0.1) is 11.5 Å². The number of halogens is 1.